The Balaban J connectivity index is 2.04. The topological polar surface area (TPSA) is 24.5 Å². The van der Waals surface area contributed by atoms with Crippen LogP contribution in [0.5, 0.6) is 0 Å². The van der Waals surface area contributed by atoms with E-state index in [4.69, 9.17) is 4.74 Å². The molecule has 1 aromatic rings. The molecule has 118 valence electrons. The van der Waals surface area contributed by atoms with E-state index in [0.717, 1.165) is 63.4 Å². The van der Waals surface area contributed by atoms with Gasteiger partial charge in [0.05, 0.1) is 5.69 Å². The summed E-state index contributed by atoms with van der Waals surface area (Å²) in [4.78, 5) is 2.08. The molecule has 1 heterocycles. The predicted molar refractivity (Wildman–Crippen MR) is 85.2 cm³/mol. The lowest BCUT2D eigenvalue weighted by Gasteiger charge is -2.30. The van der Waals surface area contributed by atoms with Gasteiger partial charge >= 0.3 is 0 Å². The zero-order chi connectivity index (χ0) is 15.1. The fourth-order valence-electron chi connectivity index (χ4n) is 2.94. The van der Waals surface area contributed by atoms with Crippen LogP contribution in [0.1, 0.15) is 31.7 Å². The maximum atomic E-state index is 14.3. The van der Waals surface area contributed by atoms with Crippen molar-refractivity contribution in [1.29, 1.82) is 0 Å². The summed E-state index contributed by atoms with van der Waals surface area (Å²) in [6.07, 6.45) is 3.23. The molecule has 0 saturated carbocycles. The van der Waals surface area contributed by atoms with Gasteiger partial charge < -0.3 is 15.0 Å². The Morgan fingerprint density at radius 1 is 1.33 bits per heavy atom. The van der Waals surface area contributed by atoms with Gasteiger partial charge in [0.15, 0.2) is 0 Å². The quantitative estimate of drug-likeness (QED) is 0.782. The van der Waals surface area contributed by atoms with Crippen LogP contribution in [0.3, 0.4) is 0 Å². The standard InChI is InChI=1S/C17H27FN2O/c1-3-9-19-12-15-5-4-6-16(18)17(15)20(2)13-14-7-10-21-11-8-14/h4-6,14,19H,3,7-13H2,1-2H3. The third-order valence-electron chi connectivity index (χ3n) is 4.07. The Hall–Kier alpha value is -1.13. The van der Waals surface area contributed by atoms with E-state index < -0.39 is 0 Å². The summed E-state index contributed by atoms with van der Waals surface area (Å²) in [5, 5.41) is 3.36. The number of hydrogen-bond donors (Lipinski definition) is 1. The monoisotopic (exact) mass is 294 g/mol. The predicted octanol–water partition coefficient (Wildman–Crippen LogP) is 3.19. The summed E-state index contributed by atoms with van der Waals surface area (Å²) < 4.78 is 19.7. The number of rotatable bonds is 7. The van der Waals surface area contributed by atoms with Crippen LogP contribution < -0.4 is 10.2 Å². The molecule has 1 N–H and O–H groups in total. The summed E-state index contributed by atoms with van der Waals surface area (Å²) in [6.45, 7) is 6.38. The number of benzene rings is 1. The Labute approximate surface area is 127 Å². The molecule has 1 saturated heterocycles. The summed E-state index contributed by atoms with van der Waals surface area (Å²) in [5.74, 6) is 0.472. The largest absolute Gasteiger partial charge is 0.381 e. The lowest BCUT2D eigenvalue weighted by molar-refractivity contribution is 0.0685. The summed E-state index contributed by atoms with van der Waals surface area (Å²) in [7, 11) is 2.00. The molecule has 0 amide bonds. The van der Waals surface area contributed by atoms with Gasteiger partial charge in [-0.3, -0.25) is 0 Å². The molecule has 1 aliphatic rings. The van der Waals surface area contributed by atoms with Crippen molar-refractivity contribution in [1.82, 2.24) is 5.32 Å². The van der Waals surface area contributed by atoms with Gasteiger partial charge in [0, 0.05) is 33.4 Å². The van der Waals surface area contributed by atoms with Gasteiger partial charge in [-0.25, -0.2) is 4.39 Å². The minimum absolute atomic E-state index is 0.125. The molecular formula is C17H27FN2O. The third kappa shape index (κ3) is 4.68. The van der Waals surface area contributed by atoms with Crippen molar-refractivity contribution in [2.75, 3.05) is 38.3 Å². The van der Waals surface area contributed by atoms with Crippen LogP contribution in [0.2, 0.25) is 0 Å². The molecule has 0 aliphatic carbocycles. The molecule has 1 fully saturated rings. The van der Waals surface area contributed by atoms with Crippen molar-refractivity contribution >= 4 is 5.69 Å². The molecule has 0 aromatic heterocycles. The van der Waals surface area contributed by atoms with Crippen molar-refractivity contribution in [3.8, 4) is 0 Å². The zero-order valence-corrected chi connectivity index (χ0v) is 13.2. The van der Waals surface area contributed by atoms with Crippen LogP contribution in [-0.2, 0) is 11.3 Å². The lowest BCUT2D eigenvalue weighted by atomic mass is 9.99. The van der Waals surface area contributed by atoms with Crippen molar-refractivity contribution in [2.45, 2.75) is 32.7 Å². The normalized spacial score (nSPS) is 16.1. The number of hydrogen-bond acceptors (Lipinski definition) is 3. The number of nitrogens with zero attached hydrogens (tertiary/aromatic N) is 1. The average Bonchev–Trinajstić information content (AvgIpc) is 2.48. The van der Waals surface area contributed by atoms with E-state index in [9.17, 15) is 4.39 Å². The highest BCUT2D eigenvalue weighted by Crippen LogP contribution is 2.26. The molecular weight excluding hydrogens is 267 g/mol. The molecule has 0 unspecified atom stereocenters. The van der Waals surface area contributed by atoms with Crippen LogP contribution in [-0.4, -0.2) is 33.4 Å². The second kappa shape index (κ2) is 8.35. The number of nitrogens with one attached hydrogen (secondary N) is 1. The highest BCUT2D eigenvalue weighted by atomic mass is 19.1. The second-order valence-corrected chi connectivity index (χ2v) is 5.86. The highest BCUT2D eigenvalue weighted by Gasteiger charge is 2.19. The Bertz CT molecular complexity index is 433. The first kappa shape index (κ1) is 16.2. The van der Waals surface area contributed by atoms with E-state index >= 15 is 0 Å². The summed E-state index contributed by atoms with van der Waals surface area (Å²) >= 11 is 0. The Morgan fingerprint density at radius 2 is 2.10 bits per heavy atom. The van der Waals surface area contributed by atoms with Crippen molar-refractivity contribution in [3.05, 3.63) is 29.6 Å². The maximum absolute atomic E-state index is 14.3. The van der Waals surface area contributed by atoms with Crippen LogP contribution >= 0.6 is 0 Å². The smallest absolute Gasteiger partial charge is 0.146 e. The van der Waals surface area contributed by atoms with Crippen molar-refractivity contribution in [3.63, 3.8) is 0 Å². The minimum Gasteiger partial charge on any atom is -0.381 e. The van der Waals surface area contributed by atoms with Gasteiger partial charge in [-0.05, 0) is 43.4 Å². The number of para-hydroxylation sites is 1. The SMILES string of the molecule is CCCNCc1cccc(F)c1N(C)CC1CCOCC1. The maximum Gasteiger partial charge on any atom is 0.146 e. The summed E-state index contributed by atoms with van der Waals surface area (Å²) in [5.41, 5.74) is 1.78. The molecule has 21 heavy (non-hydrogen) atoms. The highest BCUT2D eigenvalue weighted by molar-refractivity contribution is 5.54. The van der Waals surface area contributed by atoms with Crippen LogP contribution in [0.4, 0.5) is 10.1 Å². The number of halogens is 1. The molecule has 1 aromatic carbocycles. The average molecular weight is 294 g/mol. The Kier molecular flexibility index (Phi) is 6.46. The first-order chi connectivity index (χ1) is 10.2. The molecule has 0 bridgehead atoms. The van der Waals surface area contributed by atoms with Gasteiger partial charge in [-0.1, -0.05) is 19.1 Å². The van der Waals surface area contributed by atoms with Crippen LogP contribution in [0.25, 0.3) is 0 Å². The third-order valence-corrected chi connectivity index (χ3v) is 4.07. The minimum atomic E-state index is -0.125. The molecule has 4 heteroatoms. The van der Waals surface area contributed by atoms with Crippen LogP contribution in [0.15, 0.2) is 18.2 Å². The molecule has 0 spiro atoms. The fraction of sp³-hybridized carbons (Fsp3) is 0.647. The lowest BCUT2D eigenvalue weighted by Crippen LogP contribution is -2.31. The number of ether oxygens (including phenoxy) is 1. The van der Waals surface area contributed by atoms with E-state index in [1.807, 2.05) is 13.1 Å². The molecule has 1 aliphatic heterocycles. The van der Waals surface area contributed by atoms with Crippen molar-refractivity contribution < 1.29 is 9.13 Å². The van der Waals surface area contributed by atoms with E-state index in [0.29, 0.717) is 5.92 Å². The van der Waals surface area contributed by atoms with Crippen molar-refractivity contribution in [2.24, 2.45) is 5.92 Å². The first-order valence-electron chi connectivity index (χ1n) is 7.99. The van der Waals surface area contributed by atoms with E-state index in [-0.39, 0.29) is 5.82 Å². The van der Waals surface area contributed by atoms with Crippen LogP contribution in [0, 0.1) is 11.7 Å². The Morgan fingerprint density at radius 3 is 2.81 bits per heavy atom. The van der Waals surface area contributed by atoms with Gasteiger partial charge in [0.2, 0.25) is 0 Å². The molecule has 0 radical (unpaired) electrons. The van der Waals surface area contributed by atoms with Gasteiger partial charge in [0.25, 0.3) is 0 Å². The molecule has 2 rings (SSSR count). The fourth-order valence-corrected chi connectivity index (χ4v) is 2.94. The van der Waals surface area contributed by atoms with E-state index in [1.54, 1.807) is 12.1 Å². The molecule has 0 atom stereocenters. The van der Waals surface area contributed by atoms with Gasteiger partial charge in [-0.15, -0.1) is 0 Å². The molecule has 3 nitrogen and oxygen atoms in total. The van der Waals surface area contributed by atoms with E-state index in [1.165, 1.54) is 0 Å². The van der Waals surface area contributed by atoms with Gasteiger partial charge in [-0.2, -0.15) is 0 Å². The van der Waals surface area contributed by atoms with E-state index in [2.05, 4.69) is 17.1 Å². The van der Waals surface area contributed by atoms with Gasteiger partial charge in [0.1, 0.15) is 5.82 Å². The summed E-state index contributed by atoms with van der Waals surface area (Å²) in [6, 6.07) is 5.37. The first-order valence-corrected chi connectivity index (χ1v) is 7.99. The zero-order valence-electron chi connectivity index (χ0n) is 13.2. The second-order valence-electron chi connectivity index (χ2n) is 5.86. The number of anilines is 1.